The maximum atomic E-state index is 11.7. The minimum Gasteiger partial charge on any atom is -0.472 e. The molecule has 3 nitrogen and oxygen atoms in total. The van der Waals surface area contributed by atoms with E-state index in [1.807, 2.05) is 13.1 Å². The van der Waals surface area contributed by atoms with Crippen LogP contribution in [-0.2, 0) is 11.3 Å². The predicted octanol–water partition coefficient (Wildman–Crippen LogP) is 2.04. The molecule has 0 spiro atoms. The molecule has 1 aromatic heterocycles. The third-order valence-corrected chi connectivity index (χ3v) is 2.83. The lowest BCUT2D eigenvalue weighted by Crippen LogP contribution is -2.35. The highest BCUT2D eigenvalue weighted by Gasteiger charge is 2.27. The lowest BCUT2D eigenvalue weighted by Gasteiger charge is -2.28. The average Bonchev–Trinajstić information content (AvgIpc) is 2.53. The SMILES string of the molecule is CN(Cc1ccoc1)C(=O)C1CCC1. The number of hydrogen-bond donors (Lipinski definition) is 0. The summed E-state index contributed by atoms with van der Waals surface area (Å²) >= 11 is 0. The summed E-state index contributed by atoms with van der Waals surface area (Å²) in [4.78, 5) is 13.5. The van der Waals surface area contributed by atoms with Gasteiger partial charge in [-0.15, -0.1) is 0 Å². The maximum absolute atomic E-state index is 11.7. The molecule has 1 aromatic rings. The molecule has 0 radical (unpaired) electrons. The molecule has 1 saturated carbocycles. The number of carbonyl (C=O) groups excluding carboxylic acids is 1. The van der Waals surface area contributed by atoms with E-state index in [4.69, 9.17) is 4.42 Å². The van der Waals surface area contributed by atoms with Gasteiger partial charge in [-0.1, -0.05) is 6.42 Å². The van der Waals surface area contributed by atoms with Crippen LogP contribution in [0.5, 0.6) is 0 Å². The zero-order valence-electron chi connectivity index (χ0n) is 8.40. The number of furan rings is 1. The summed E-state index contributed by atoms with van der Waals surface area (Å²) in [5.41, 5.74) is 1.06. The maximum Gasteiger partial charge on any atom is 0.225 e. The number of carbonyl (C=O) groups is 1. The lowest BCUT2D eigenvalue weighted by molar-refractivity contribution is -0.137. The molecule has 1 aliphatic rings. The predicted molar refractivity (Wildman–Crippen MR) is 52.5 cm³/mol. The largest absolute Gasteiger partial charge is 0.472 e. The van der Waals surface area contributed by atoms with E-state index in [0.717, 1.165) is 18.4 Å². The van der Waals surface area contributed by atoms with Gasteiger partial charge in [0.1, 0.15) is 0 Å². The van der Waals surface area contributed by atoms with Gasteiger partial charge in [-0.25, -0.2) is 0 Å². The van der Waals surface area contributed by atoms with Gasteiger partial charge in [-0.3, -0.25) is 4.79 Å². The molecule has 1 heterocycles. The topological polar surface area (TPSA) is 33.5 Å². The zero-order chi connectivity index (χ0) is 9.97. The fourth-order valence-electron chi connectivity index (χ4n) is 1.70. The Morgan fingerprint density at radius 2 is 2.43 bits per heavy atom. The van der Waals surface area contributed by atoms with E-state index in [0.29, 0.717) is 6.54 Å². The minimum absolute atomic E-state index is 0.275. The Morgan fingerprint density at radius 3 is 2.93 bits per heavy atom. The quantitative estimate of drug-likeness (QED) is 0.736. The van der Waals surface area contributed by atoms with Crippen molar-refractivity contribution in [2.24, 2.45) is 5.92 Å². The van der Waals surface area contributed by atoms with Crippen LogP contribution in [0.2, 0.25) is 0 Å². The van der Waals surface area contributed by atoms with Crippen LogP contribution < -0.4 is 0 Å². The van der Waals surface area contributed by atoms with E-state index in [1.165, 1.54) is 6.42 Å². The Labute approximate surface area is 83.7 Å². The summed E-state index contributed by atoms with van der Waals surface area (Å²) in [6.07, 6.45) is 6.65. The van der Waals surface area contributed by atoms with E-state index < -0.39 is 0 Å². The van der Waals surface area contributed by atoms with Gasteiger partial charge < -0.3 is 9.32 Å². The third kappa shape index (κ3) is 1.81. The first kappa shape index (κ1) is 9.31. The Balaban J connectivity index is 1.88. The molecule has 14 heavy (non-hydrogen) atoms. The smallest absolute Gasteiger partial charge is 0.225 e. The molecule has 0 N–H and O–H groups in total. The van der Waals surface area contributed by atoms with Crippen LogP contribution in [-0.4, -0.2) is 17.9 Å². The summed E-state index contributed by atoms with van der Waals surface area (Å²) in [7, 11) is 1.85. The van der Waals surface area contributed by atoms with E-state index in [2.05, 4.69) is 0 Å². The summed E-state index contributed by atoms with van der Waals surface area (Å²) in [5.74, 6) is 0.560. The minimum atomic E-state index is 0.275. The second-order valence-electron chi connectivity index (χ2n) is 3.95. The molecular formula is C11H15NO2. The second-order valence-corrected chi connectivity index (χ2v) is 3.95. The molecule has 1 fully saturated rings. The summed E-state index contributed by atoms with van der Waals surface area (Å²) in [5, 5.41) is 0. The van der Waals surface area contributed by atoms with Crippen molar-refractivity contribution in [2.75, 3.05) is 7.05 Å². The highest BCUT2D eigenvalue weighted by molar-refractivity contribution is 5.79. The van der Waals surface area contributed by atoms with E-state index in [9.17, 15) is 4.79 Å². The molecule has 0 aromatic carbocycles. The molecule has 2 rings (SSSR count). The van der Waals surface area contributed by atoms with E-state index in [-0.39, 0.29) is 11.8 Å². The highest BCUT2D eigenvalue weighted by atomic mass is 16.3. The molecule has 0 bridgehead atoms. The number of rotatable bonds is 3. The van der Waals surface area contributed by atoms with Gasteiger partial charge in [0, 0.05) is 25.1 Å². The Bertz CT molecular complexity index is 301. The lowest BCUT2D eigenvalue weighted by atomic mass is 9.84. The molecule has 3 heteroatoms. The summed E-state index contributed by atoms with van der Waals surface area (Å²) < 4.78 is 4.96. The van der Waals surface area contributed by atoms with Crippen LogP contribution >= 0.6 is 0 Å². The van der Waals surface area contributed by atoms with Gasteiger partial charge in [-0.2, -0.15) is 0 Å². The number of nitrogens with zero attached hydrogens (tertiary/aromatic N) is 1. The summed E-state index contributed by atoms with van der Waals surface area (Å²) in [6.45, 7) is 0.659. The number of hydrogen-bond acceptors (Lipinski definition) is 2. The van der Waals surface area contributed by atoms with Crippen LogP contribution in [0, 0.1) is 5.92 Å². The van der Waals surface area contributed by atoms with Crippen LogP contribution in [0.1, 0.15) is 24.8 Å². The molecule has 0 aliphatic heterocycles. The normalized spacial score (nSPS) is 16.4. The summed E-state index contributed by atoms with van der Waals surface area (Å²) in [6, 6.07) is 1.89. The van der Waals surface area contributed by atoms with Gasteiger partial charge in [0.25, 0.3) is 0 Å². The standard InChI is InChI=1S/C11H15NO2/c1-12(7-9-5-6-14-8-9)11(13)10-3-2-4-10/h5-6,8,10H,2-4,7H2,1H3. The van der Waals surface area contributed by atoms with Crippen LogP contribution in [0.15, 0.2) is 23.0 Å². The molecule has 1 amide bonds. The van der Waals surface area contributed by atoms with Crippen molar-refractivity contribution in [3.8, 4) is 0 Å². The monoisotopic (exact) mass is 193 g/mol. The van der Waals surface area contributed by atoms with Gasteiger partial charge >= 0.3 is 0 Å². The fraction of sp³-hybridized carbons (Fsp3) is 0.545. The zero-order valence-corrected chi connectivity index (χ0v) is 8.40. The van der Waals surface area contributed by atoms with Gasteiger partial charge in [0.2, 0.25) is 5.91 Å². The molecule has 0 saturated heterocycles. The fourth-order valence-corrected chi connectivity index (χ4v) is 1.70. The first-order valence-electron chi connectivity index (χ1n) is 5.03. The molecule has 0 unspecified atom stereocenters. The van der Waals surface area contributed by atoms with E-state index >= 15 is 0 Å². The molecule has 0 atom stereocenters. The van der Waals surface area contributed by atoms with Gasteiger partial charge in [-0.05, 0) is 18.9 Å². The van der Waals surface area contributed by atoms with Crippen molar-refractivity contribution in [3.63, 3.8) is 0 Å². The molecule has 76 valence electrons. The van der Waals surface area contributed by atoms with Crippen molar-refractivity contribution in [1.29, 1.82) is 0 Å². The van der Waals surface area contributed by atoms with Crippen molar-refractivity contribution in [1.82, 2.24) is 4.90 Å². The van der Waals surface area contributed by atoms with Crippen LogP contribution in [0.25, 0.3) is 0 Å². The van der Waals surface area contributed by atoms with Crippen molar-refractivity contribution in [3.05, 3.63) is 24.2 Å². The van der Waals surface area contributed by atoms with Crippen molar-refractivity contribution >= 4 is 5.91 Å². The highest BCUT2D eigenvalue weighted by Crippen LogP contribution is 2.28. The Kier molecular flexibility index (Phi) is 2.57. The van der Waals surface area contributed by atoms with Gasteiger partial charge in [0.15, 0.2) is 0 Å². The number of amides is 1. The van der Waals surface area contributed by atoms with Crippen molar-refractivity contribution < 1.29 is 9.21 Å². The Hall–Kier alpha value is -1.25. The first-order chi connectivity index (χ1) is 6.77. The van der Waals surface area contributed by atoms with Gasteiger partial charge in [0.05, 0.1) is 12.5 Å². The average molecular weight is 193 g/mol. The van der Waals surface area contributed by atoms with Crippen LogP contribution in [0.4, 0.5) is 0 Å². The Morgan fingerprint density at radius 1 is 1.64 bits per heavy atom. The van der Waals surface area contributed by atoms with E-state index in [1.54, 1.807) is 17.4 Å². The molecular weight excluding hydrogens is 178 g/mol. The van der Waals surface area contributed by atoms with Crippen molar-refractivity contribution in [2.45, 2.75) is 25.8 Å². The third-order valence-electron chi connectivity index (χ3n) is 2.83. The molecule has 1 aliphatic carbocycles. The van der Waals surface area contributed by atoms with Crippen LogP contribution in [0.3, 0.4) is 0 Å². The first-order valence-corrected chi connectivity index (χ1v) is 5.03. The second kappa shape index (κ2) is 3.86.